The van der Waals surface area contributed by atoms with Crippen molar-refractivity contribution < 1.29 is 4.39 Å². The first-order chi connectivity index (χ1) is 11.2. The number of benzene rings is 1. The Morgan fingerprint density at radius 1 is 1.13 bits per heavy atom. The number of fused-ring (bicyclic) bond motifs is 3. The molecule has 1 aliphatic carbocycles. The van der Waals surface area contributed by atoms with Gasteiger partial charge in [-0.05, 0) is 61.8 Å². The molecule has 6 heteroatoms. The first kappa shape index (κ1) is 14.9. The van der Waals surface area contributed by atoms with Crippen molar-refractivity contribution in [3.63, 3.8) is 0 Å². The van der Waals surface area contributed by atoms with Gasteiger partial charge in [0.15, 0.2) is 5.16 Å². The third kappa shape index (κ3) is 2.81. The molecule has 0 aliphatic heterocycles. The Kier molecular flexibility index (Phi) is 3.95. The Morgan fingerprint density at radius 3 is 2.70 bits per heavy atom. The Hall–Kier alpha value is -1.66. The number of nitrogens with zero attached hydrogens (tertiary/aromatic N) is 2. The summed E-state index contributed by atoms with van der Waals surface area (Å²) in [5, 5.41) is 5.27. The van der Waals surface area contributed by atoms with Crippen LogP contribution >= 0.6 is 23.1 Å². The van der Waals surface area contributed by atoms with Gasteiger partial charge in [-0.2, -0.15) is 0 Å². The van der Waals surface area contributed by atoms with Crippen LogP contribution < -0.4 is 5.32 Å². The summed E-state index contributed by atoms with van der Waals surface area (Å²) in [6.07, 6.45) is 6.69. The molecule has 0 atom stereocenters. The number of halogens is 1. The smallest absolute Gasteiger partial charge is 0.190 e. The Labute approximate surface area is 142 Å². The van der Waals surface area contributed by atoms with Gasteiger partial charge < -0.3 is 5.32 Å². The number of aromatic nitrogens is 2. The van der Waals surface area contributed by atoms with Crippen LogP contribution in [0.3, 0.4) is 0 Å². The van der Waals surface area contributed by atoms with Crippen molar-refractivity contribution in [1.82, 2.24) is 9.97 Å². The molecule has 0 saturated carbocycles. The van der Waals surface area contributed by atoms with Crippen molar-refractivity contribution in [1.29, 1.82) is 0 Å². The van der Waals surface area contributed by atoms with E-state index in [0.29, 0.717) is 0 Å². The molecule has 0 fully saturated rings. The number of rotatable bonds is 3. The van der Waals surface area contributed by atoms with E-state index in [0.717, 1.165) is 39.7 Å². The Morgan fingerprint density at radius 2 is 1.91 bits per heavy atom. The van der Waals surface area contributed by atoms with Crippen LogP contribution in [0, 0.1) is 5.82 Å². The van der Waals surface area contributed by atoms with Crippen LogP contribution in [-0.4, -0.2) is 16.2 Å². The quantitative estimate of drug-likeness (QED) is 0.525. The van der Waals surface area contributed by atoms with E-state index in [1.165, 1.54) is 35.4 Å². The molecular formula is C17H16FN3S2. The number of nitrogens with one attached hydrogen (secondary N) is 1. The largest absolute Gasteiger partial charge is 0.340 e. The molecule has 1 N–H and O–H groups in total. The summed E-state index contributed by atoms with van der Waals surface area (Å²) in [5.74, 6) is 0.603. The molecule has 0 bridgehead atoms. The van der Waals surface area contributed by atoms with Crippen molar-refractivity contribution in [2.24, 2.45) is 0 Å². The van der Waals surface area contributed by atoms with Gasteiger partial charge in [0.05, 0.1) is 5.39 Å². The highest BCUT2D eigenvalue weighted by Crippen LogP contribution is 2.40. The van der Waals surface area contributed by atoms with Crippen LogP contribution in [0.15, 0.2) is 29.4 Å². The minimum atomic E-state index is -0.235. The maximum Gasteiger partial charge on any atom is 0.190 e. The van der Waals surface area contributed by atoms with E-state index in [4.69, 9.17) is 0 Å². The summed E-state index contributed by atoms with van der Waals surface area (Å²) in [5.41, 5.74) is 2.24. The second-order valence-corrected chi connectivity index (χ2v) is 7.44. The van der Waals surface area contributed by atoms with Gasteiger partial charge in [-0.1, -0.05) is 11.8 Å². The van der Waals surface area contributed by atoms with E-state index < -0.39 is 0 Å². The summed E-state index contributed by atoms with van der Waals surface area (Å²) in [6.45, 7) is 0. The average molecular weight is 345 g/mol. The lowest BCUT2D eigenvalue weighted by Crippen LogP contribution is -2.02. The van der Waals surface area contributed by atoms with Gasteiger partial charge in [-0.3, -0.25) is 0 Å². The highest BCUT2D eigenvalue weighted by atomic mass is 32.2. The number of hydrogen-bond donors (Lipinski definition) is 1. The van der Waals surface area contributed by atoms with Gasteiger partial charge >= 0.3 is 0 Å². The lowest BCUT2D eigenvalue weighted by atomic mass is 9.97. The second-order valence-electron chi connectivity index (χ2n) is 5.58. The van der Waals surface area contributed by atoms with E-state index in [-0.39, 0.29) is 5.82 Å². The zero-order valence-electron chi connectivity index (χ0n) is 12.7. The maximum absolute atomic E-state index is 13.1. The minimum Gasteiger partial charge on any atom is -0.340 e. The van der Waals surface area contributed by atoms with Gasteiger partial charge in [-0.25, -0.2) is 14.4 Å². The summed E-state index contributed by atoms with van der Waals surface area (Å²) < 4.78 is 13.1. The van der Waals surface area contributed by atoms with Crippen molar-refractivity contribution in [2.45, 2.75) is 30.8 Å². The number of hydrogen-bond acceptors (Lipinski definition) is 5. The van der Waals surface area contributed by atoms with Gasteiger partial charge in [0, 0.05) is 10.6 Å². The van der Waals surface area contributed by atoms with Crippen LogP contribution in [0.25, 0.3) is 10.2 Å². The molecule has 0 radical (unpaired) electrons. The first-order valence-corrected chi connectivity index (χ1v) is 9.67. The fourth-order valence-electron chi connectivity index (χ4n) is 2.99. The molecule has 1 aromatic carbocycles. The van der Waals surface area contributed by atoms with Gasteiger partial charge in [-0.15, -0.1) is 11.3 Å². The fraction of sp³-hybridized carbons (Fsp3) is 0.294. The van der Waals surface area contributed by atoms with Gasteiger partial charge in [0.2, 0.25) is 0 Å². The predicted octanol–water partition coefficient (Wildman–Crippen LogP) is 5.17. The topological polar surface area (TPSA) is 37.8 Å². The van der Waals surface area contributed by atoms with Crippen LogP contribution in [0.5, 0.6) is 0 Å². The van der Waals surface area contributed by atoms with Gasteiger partial charge in [0.1, 0.15) is 16.5 Å². The molecule has 3 nitrogen and oxygen atoms in total. The fourth-order valence-corrected chi connectivity index (χ4v) is 4.67. The normalized spacial score (nSPS) is 14.0. The second kappa shape index (κ2) is 6.09. The number of thioether (sulfide) groups is 1. The standard InChI is InChI=1S/C17H16FN3S2/c1-22-17-20-15(19-11-8-6-10(18)7-9-11)14-12-4-2-3-5-13(12)23-16(14)21-17/h6-9H,2-5H2,1H3,(H,19,20,21). The molecule has 0 spiro atoms. The highest BCUT2D eigenvalue weighted by molar-refractivity contribution is 7.98. The zero-order valence-corrected chi connectivity index (χ0v) is 14.4. The average Bonchev–Trinajstić information content (AvgIpc) is 2.95. The third-order valence-corrected chi connectivity index (χ3v) is 5.82. The monoisotopic (exact) mass is 345 g/mol. The SMILES string of the molecule is CSc1nc(Nc2ccc(F)cc2)c2c3c(sc2n1)CCCC3. The van der Waals surface area contributed by atoms with Crippen LogP contribution in [0.2, 0.25) is 0 Å². The lowest BCUT2D eigenvalue weighted by molar-refractivity contribution is 0.628. The minimum absolute atomic E-state index is 0.235. The molecule has 0 amide bonds. The van der Waals surface area contributed by atoms with E-state index in [1.807, 2.05) is 6.26 Å². The first-order valence-electron chi connectivity index (χ1n) is 7.63. The molecule has 2 heterocycles. The number of anilines is 2. The summed E-state index contributed by atoms with van der Waals surface area (Å²) in [6, 6.07) is 6.39. The molecule has 1 aliphatic rings. The molecule has 3 aromatic rings. The van der Waals surface area contributed by atoms with Crippen molar-refractivity contribution >= 4 is 44.8 Å². The van der Waals surface area contributed by atoms with Crippen molar-refractivity contribution in [3.8, 4) is 0 Å². The molecule has 0 saturated heterocycles. The molecule has 0 unspecified atom stereocenters. The Bertz CT molecular complexity index is 858. The maximum atomic E-state index is 13.1. The molecule has 118 valence electrons. The van der Waals surface area contributed by atoms with E-state index in [1.54, 1.807) is 35.2 Å². The highest BCUT2D eigenvalue weighted by Gasteiger charge is 2.21. The summed E-state index contributed by atoms with van der Waals surface area (Å²) >= 11 is 3.33. The van der Waals surface area contributed by atoms with E-state index in [9.17, 15) is 4.39 Å². The lowest BCUT2D eigenvalue weighted by Gasteiger charge is -2.13. The number of aryl methyl sites for hydroxylation is 2. The van der Waals surface area contributed by atoms with E-state index >= 15 is 0 Å². The van der Waals surface area contributed by atoms with Crippen molar-refractivity contribution in [2.75, 3.05) is 11.6 Å². The summed E-state index contributed by atoms with van der Waals surface area (Å²) in [4.78, 5) is 11.9. The van der Waals surface area contributed by atoms with Gasteiger partial charge in [0.25, 0.3) is 0 Å². The zero-order chi connectivity index (χ0) is 15.8. The molecular weight excluding hydrogens is 329 g/mol. The Balaban J connectivity index is 1.85. The summed E-state index contributed by atoms with van der Waals surface area (Å²) in [7, 11) is 0. The third-order valence-electron chi connectivity index (χ3n) is 4.08. The number of thiophene rings is 1. The van der Waals surface area contributed by atoms with Crippen LogP contribution in [0.4, 0.5) is 15.9 Å². The van der Waals surface area contributed by atoms with Crippen molar-refractivity contribution in [3.05, 3.63) is 40.5 Å². The molecule has 4 rings (SSSR count). The van der Waals surface area contributed by atoms with Crippen LogP contribution in [0.1, 0.15) is 23.3 Å². The molecule has 23 heavy (non-hydrogen) atoms. The predicted molar refractivity (Wildman–Crippen MR) is 95.5 cm³/mol. The molecule has 2 aromatic heterocycles. The van der Waals surface area contributed by atoms with Crippen LogP contribution in [-0.2, 0) is 12.8 Å². The van der Waals surface area contributed by atoms with E-state index in [2.05, 4.69) is 15.3 Å².